The molecule has 1 aliphatic heterocycles. The van der Waals surface area contributed by atoms with E-state index in [2.05, 4.69) is 9.97 Å². The molecule has 1 amide bonds. The number of hydrogen-bond donors (Lipinski definition) is 0. The first-order valence-corrected chi connectivity index (χ1v) is 10.6. The second kappa shape index (κ2) is 8.34. The summed E-state index contributed by atoms with van der Waals surface area (Å²) in [6.07, 6.45) is 7.50. The van der Waals surface area contributed by atoms with Gasteiger partial charge in [-0.2, -0.15) is 0 Å². The van der Waals surface area contributed by atoms with E-state index in [4.69, 9.17) is 4.98 Å². The maximum atomic E-state index is 12.9. The van der Waals surface area contributed by atoms with Crippen LogP contribution in [-0.4, -0.2) is 38.8 Å². The van der Waals surface area contributed by atoms with Crippen molar-refractivity contribution in [2.45, 2.75) is 39.5 Å². The van der Waals surface area contributed by atoms with Crippen LogP contribution < -0.4 is 0 Å². The molecule has 2 aromatic heterocycles. The van der Waals surface area contributed by atoms with Crippen LogP contribution in [0.25, 0.3) is 22.5 Å². The summed E-state index contributed by atoms with van der Waals surface area (Å²) in [5.41, 5.74) is 3.71. The summed E-state index contributed by atoms with van der Waals surface area (Å²) in [7, 11) is 0. The molecule has 1 atom stereocenters. The molecule has 1 aliphatic rings. The Balaban J connectivity index is 1.75. The fraction of sp³-hybridized carbons (Fsp3) is 0.360. The molecule has 5 heteroatoms. The largest absolute Gasteiger partial charge is 0.342 e. The summed E-state index contributed by atoms with van der Waals surface area (Å²) in [6, 6.07) is 14.0. The molecule has 4 rings (SSSR count). The van der Waals surface area contributed by atoms with Crippen LogP contribution in [0.1, 0.15) is 45.2 Å². The monoisotopic (exact) mass is 400 g/mol. The summed E-state index contributed by atoms with van der Waals surface area (Å²) < 4.78 is 0. The first kappa shape index (κ1) is 20.2. The highest BCUT2D eigenvalue weighted by Gasteiger charge is 2.33. The number of pyridine rings is 1. The molecule has 154 valence electrons. The Hall–Kier alpha value is -3.08. The zero-order valence-electron chi connectivity index (χ0n) is 17.9. The second-order valence-corrected chi connectivity index (χ2v) is 8.93. The van der Waals surface area contributed by atoms with Crippen LogP contribution in [0.4, 0.5) is 0 Å². The fourth-order valence-corrected chi connectivity index (χ4v) is 4.05. The molecule has 0 bridgehead atoms. The van der Waals surface area contributed by atoms with Crippen LogP contribution in [-0.2, 0) is 4.79 Å². The molecule has 1 fully saturated rings. The Morgan fingerprint density at radius 2 is 1.77 bits per heavy atom. The van der Waals surface area contributed by atoms with Gasteiger partial charge in [0.2, 0.25) is 5.91 Å². The van der Waals surface area contributed by atoms with Gasteiger partial charge in [0, 0.05) is 54.1 Å². The van der Waals surface area contributed by atoms with Crippen LogP contribution in [0.15, 0.2) is 61.1 Å². The molecular weight excluding hydrogens is 372 g/mol. The van der Waals surface area contributed by atoms with E-state index in [-0.39, 0.29) is 17.2 Å². The first-order valence-electron chi connectivity index (χ1n) is 10.6. The molecule has 30 heavy (non-hydrogen) atoms. The molecule has 3 heterocycles. The number of nitrogens with zero attached hydrogens (tertiary/aromatic N) is 4. The molecular formula is C25H28N4O. The quantitative estimate of drug-likeness (QED) is 0.624. The summed E-state index contributed by atoms with van der Waals surface area (Å²) in [5, 5.41) is 0. The van der Waals surface area contributed by atoms with E-state index in [1.54, 1.807) is 12.4 Å². The highest BCUT2D eigenvalue weighted by molar-refractivity contribution is 5.81. The van der Waals surface area contributed by atoms with Crippen molar-refractivity contribution < 1.29 is 4.79 Å². The molecule has 1 saturated heterocycles. The Bertz CT molecular complexity index is 1010. The Labute approximate surface area is 178 Å². The van der Waals surface area contributed by atoms with Gasteiger partial charge in [0.15, 0.2) is 5.82 Å². The van der Waals surface area contributed by atoms with Crippen LogP contribution in [0.5, 0.6) is 0 Å². The van der Waals surface area contributed by atoms with Crippen LogP contribution in [0.2, 0.25) is 0 Å². The number of hydrogen-bond acceptors (Lipinski definition) is 4. The number of rotatable bonds is 3. The van der Waals surface area contributed by atoms with Gasteiger partial charge in [-0.15, -0.1) is 0 Å². The minimum Gasteiger partial charge on any atom is -0.342 e. The van der Waals surface area contributed by atoms with Crippen LogP contribution >= 0.6 is 0 Å². The van der Waals surface area contributed by atoms with Gasteiger partial charge in [-0.3, -0.25) is 9.78 Å². The van der Waals surface area contributed by atoms with Crippen molar-refractivity contribution in [2.24, 2.45) is 5.41 Å². The number of carbonyl (C=O) groups excluding carboxylic acids is 1. The lowest BCUT2D eigenvalue weighted by Gasteiger charge is -2.36. The van der Waals surface area contributed by atoms with Crippen LogP contribution in [0, 0.1) is 5.41 Å². The topological polar surface area (TPSA) is 59.0 Å². The summed E-state index contributed by atoms with van der Waals surface area (Å²) in [5.74, 6) is 1.11. The van der Waals surface area contributed by atoms with Gasteiger partial charge < -0.3 is 4.90 Å². The highest BCUT2D eigenvalue weighted by atomic mass is 16.2. The Morgan fingerprint density at radius 3 is 2.47 bits per heavy atom. The first-order chi connectivity index (χ1) is 14.4. The zero-order chi connectivity index (χ0) is 21.1. The van der Waals surface area contributed by atoms with E-state index in [0.29, 0.717) is 6.54 Å². The minimum absolute atomic E-state index is 0.179. The molecule has 0 spiro atoms. The average molecular weight is 401 g/mol. The number of benzene rings is 1. The third-order valence-electron chi connectivity index (χ3n) is 5.58. The van der Waals surface area contributed by atoms with Crippen molar-refractivity contribution in [3.05, 3.63) is 66.7 Å². The second-order valence-electron chi connectivity index (χ2n) is 8.93. The van der Waals surface area contributed by atoms with Gasteiger partial charge in [-0.05, 0) is 30.5 Å². The van der Waals surface area contributed by atoms with Crippen molar-refractivity contribution in [1.29, 1.82) is 0 Å². The third kappa shape index (κ3) is 4.25. The lowest BCUT2D eigenvalue weighted by molar-refractivity contribution is -0.140. The van der Waals surface area contributed by atoms with E-state index in [1.165, 1.54) is 0 Å². The number of likely N-dealkylation sites (tertiary alicyclic amines) is 1. The normalized spacial score (nSPS) is 17.0. The summed E-state index contributed by atoms with van der Waals surface area (Å²) in [4.78, 5) is 28.8. The highest BCUT2D eigenvalue weighted by Crippen LogP contribution is 2.35. The van der Waals surface area contributed by atoms with Gasteiger partial charge in [-0.1, -0.05) is 51.1 Å². The minimum atomic E-state index is -0.378. The van der Waals surface area contributed by atoms with E-state index in [0.717, 1.165) is 47.6 Å². The molecule has 0 radical (unpaired) electrons. The SMILES string of the molecule is CC(C)(C)C(=O)N1CCCC(c2nc(-c3ccccc3)ncc2-c2ccncc2)C1. The van der Waals surface area contributed by atoms with E-state index >= 15 is 0 Å². The van der Waals surface area contributed by atoms with Crippen molar-refractivity contribution in [3.63, 3.8) is 0 Å². The van der Waals surface area contributed by atoms with E-state index in [9.17, 15) is 4.79 Å². The molecule has 0 saturated carbocycles. The molecule has 0 aliphatic carbocycles. The lowest BCUT2D eigenvalue weighted by atomic mass is 9.87. The molecule has 1 unspecified atom stereocenters. The number of piperidine rings is 1. The molecule has 3 aromatic rings. The zero-order valence-corrected chi connectivity index (χ0v) is 17.9. The van der Waals surface area contributed by atoms with E-state index < -0.39 is 0 Å². The van der Waals surface area contributed by atoms with E-state index in [1.807, 2.05) is 74.3 Å². The van der Waals surface area contributed by atoms with Crippen molar-refractivity contribution in [3.8, 4) is 22.5 Å². The maximum Gasteiger partial charge on any atom is 0.227 e. The maximum absolute atomic E-state index is 12.9. The van der Waals surface area contributed by atoms with Crippen LogP contribution in [0.3, 0.4) is 0 Å². The smallest absolute Gasteiger partial charge is 0.227 e. The van der Waals surface area contributed by atoms with Crippen molar-refractivity contribution in [1.82, 2.24) is 19.9 Å². The lowest BCUT2D eigenvalue weighted by Crippen LogP contribution is -2.44. The Kier molecular flexibility index (Phi) is 5.62. The third-order valence-corrected chi connectivity index (χ3v) is 5.58. The van der Waals surface area contributed by atoms with Gasteiger partial charge >= 0.3 is 0 Å². The predicted octanol–water partition coefficient (Wildman–Crippen LogP) is 4.96. The van der Waals surface area contributed by atoms with Crippen molar-refractivity contribution in [2.75, 3.05) is 13.1 Å². The van der Waals surface area contributed by atoms with Crippen molar-refractivity contribution >= 4 is 5.91 Å². The van der Waals surface area contributed by atoms with Gasteiger partial charge in [0.1, 0.15) is 0 Å². The number of amides is 1. The number of aromatic nitrogens is 3. The number of carbonyl (C=O) groups is 1. The molecule has 0 N–H and O–H groups in total. The predicted molar refractivity (Wildman–Crippen MR) is 119 cm³/mol. The summed E-state index contributed by atoms with van der Waals surface area (Å²) >= 11 is 0. The Morgan fingerprint density at radius 1 is 1.03 bits per heavy atom. The average Bonchev–Trinajstić information content (AvgIpc) is 2.79. The van der Waals surface area contributed by atoms with Gasteiger partial charge in [0.05, 0.1) is 5.69 Å². The van der Waals surface area contributed by atoms with Gasteiger partial charge in [-0.25, -0.2) is 9.97 Å². The summed E-state index contributed by atoms with van der Waals surface area (Å²) in [6.45, 7) is 7.46. The standard InChI is InChI=1S/C25H28N4O/c1-25(2,3)24(30)29-15-7-10-20(17-29)22-21(18-11-13-26-14-12-18)16-27-23(28-22)19-8-5-4-6-9-19/h4-6,8-9,11-14,16,20H,7,10,15,17H2,1-3H3. The van der Waals surface area contributed by atoms with Gasteiger partial charge in [0.25, 0.3) is 0 Å². The molecule has 5 nitrogen and oxygen atoms in total. The molecule has 1 aromatic carbocycles. The fourth-order valence-electron chi connectivity index (χ4n) is 4.05.